The Hall–Kier alpha value is -0.670. The predicted molar refractivity (Wildman–Crippen MR) is 63.3 cm³/mol. The Morgan fingerprint density at radius 2 is 1.88 bits per heavy atom. The van der Waals surface area contributed by atoms with Gasteiger partial charge in [-0.25, -0.2) is 0 Å². The van der Waals surface area contributed by atoms with Crippen molar-refractivity contribution in [3.05, 3.63) is 11.6 Å². The molecule has 4 rings (SSSR count). The summed E-state index contributed by atoms with van der Waals surface area (Å²) in [6.45, 7) is 2.12. The van der Waals surface area contributed by atoms with Crippen molar-refractivity contribution < 1.29 is 14.3 Å². The van der Waals surface area contributed by atoms with E-state index in [1.807, 2.05) is 0 Å². The summed E-state index contributed by atoms with van der Waals surface area (Å²) in [4.78, 5) is 12.6. The first kappa shape index (κ1) is 11.4. The first-order valence-electron chi connectivity index (χ1n) is 6.48. The topological polar surface area (TPSA) is 35.5 Å². The molecule has 2 saturated carbocycles. The molecule has 0 radical (unpaired) electrons. The maximum atomic E-state index is 12.6. The van der Waals surface area contributed by atoms with Crippen LogP contribution >= 0.6 is 0 Å². The molecule has 0 aromatic carbocycles. The van der Waals surface area contributed by atoms with E-state index in [4.69, 9.17) is 9.47 Å². The number of ether oxygens (including phenoxy) is 2. The summed E-state index contributed by atoms with van der Waals surface area (Å²) in [6.07, 6.45) is 5.79. The molecule has 17 heavy (non-hydrogen) atoms. The van der Waals surface area contributed by atoms with E-state index in [0.29, 0.717) is 11.8 Å². The Labute approximate surface area is 102 Å². The quantitative estimate of drug-likeness (QED) is 0.544. The number of rotatable bonds is 2. The maximum absolute atomic E-state index is 12.6. The molecule has 4 aliphatic rings. The molecule has 0 aromatic heterocycles. The molecule has 3 heteroatoms. The summed E-state index contributed by atoms with van der Waals surface area (Å²) in [5.74, 6) is 0.392. The van der Waals surface area contributed by atoms with Crippen LogP contribution in [0.25, 0.3) is 0 Å². The minimum absolute atomic E-state index is 0.0207. The molecule has 0 N–H and O–H groups in total. The van der Waals surface area contributed by atoms with Crippen molar-refractivity contribution in [2.24, 2.45) is 23.7 Å². The Kier molecular flexibility index (Phi) is 2.46. The fourth-order valence-corrected chi connectivity index (χ4v) is 4.50. The standard InChI is InChI=1S/C14H20O3/c1-8-7-11-9-5-4-6-10(9)12(8)14(16-2,17-3)13(11)15/h7,9-12H,4-6H2,1-3H3/t9-,10+,11-,12+/m0/s1. The lowest BCUT2D eigenvalue weighted by Crippen LogP contribution is -2.62. The highest BCUT2D eigenvalue weighted by atomic mass is 16.7. The number of Topliss-reactive ketones (excluding diaryl/α,β-unsaturated/α-hetero) is 1. The van der Waals surface area contributed by atoms with Crippen LogP contribution in [-0.2, 0) is 14.3 Å². The summed E-state index contributed by atoms with van der Waals surface area (Å²) in [6, 6.07) is 0. The SMILES string of the molecule is COC1(OC)C(=O)[C@H]2C=C(C)[C@@H]1[C@@H]1CCC[C@@H]12. The lowest BCUT2D eigenvalue weighted by molar-refractivity contribution is -0.250. The summed E-state index contributed by atoms with van der Waals surface area (Å²) < 4.78 is 11.1. The normalized spacial score (nSPS) is 42.5. The molecule has 4 aliphatic carbocycles. The van der Waals surface area contributed by atoms with Crippen LogP contribution < -0.4 is 0 Å². The van der Waals surface area contributed by atoms with Gasteiger partial charge < -0.3 is 9.47 Å². The lowest BCUT2D eigenvalue weighted by atomic mass is 9.57. The largest absolute Gasteiger partial charge is 0.347 e. The zero-order chi connectivity index (χ0) is 12.2. The number of carbonyl (C=O) groups is 1. The third-order valence-corrected chi connectivity index (χ3v) is 5.11. The molecule has 0 saturated heterocycles. The number of ketones is 1. The third kappa shape index (κ3) is 1.22. The van der Waals surface area contributed by atoms with Crippen LogP contribution in [0.2, 0.25) is 0 Å². The van der Waals surface area contributed by atoms with E-state index < -0.39 is 5.79 Å². The second-order valence-corrected chi connectivity index (χ2v) is 5.61. The minimum Gasteiger partial charge on any atom is -0.347 e. The number of hydrogen-bond donors (Lipinski definition) is 0. The minimum atomic E-state index is -1.00. The van der Waals surface area contributed by atoms with Crippen molar-refractivity contribution in [3.63, 3.8) is 0 Å². The highest BCUT2D eigenvalue weighted by Gasteiger charge is 2.63. The third-order valence-electron chi connectivity index (χ3n) is 5.11. The molecule has 94 valence electrons. The first-order valence-corrected chi connectivity index (χ1v) is 6.48. The molecule has 2 fully saturated rings. The zero-order valence-electron chi connectivity index (χ0n) is 10.7. The Morgan fingerprint density at radius 1 is 1.24 bits per heavy atom. The first-order chi connectivity index (χ1) is 8.15. The summed E-state index contributed by atoms with van der Waals surface area (Å²) in [7, 11) is 3.19. The molecule has 4 atom stereocenters. The van der Waals surface area contributed by atoms with Gasteiger partial charge in [0.15, 0.2) is 5.78 Å². The van der Waals surface area contributed by atoms with E-state index in [0.717, 1.165) is 0 Å². The molecule has 0 amide bonds. The average Bonchev–Trinajstić information content (AvgIpc) is 2.81. The van der Waals surface area contributed by atoms with E-state index in [2.05, 4.69) is 13.0 Å². The van der Waals surface area contributed by atoms with Gasteiger partial charge >= 0.3 is 0 Å². The number of hydrogen-bond acceptors (Lipinski definition) is 3. The summed E-state index contributed by atoms with van der Waals surface area (Å²) >= 11 is 0. The van der Waals surface area contributed by atoms with Gasteiger partial charge in [0.2, 0.25) is 5.79 Å². The fourth-order valence-electron chi connectivity index (χ4n) is 4.50. The highest BCUT2D eigenvalue weighted by molar-refractivity contribution is 5.93. The van der Waals surface area contributed by atoms with E-state index in [-0.39, 0.29) is 17.6 Å². The molecule has 0 spiro atoms. The molecule has 0 unspecified atom stereocenters. The van der Waals surface area contributed by atoms with Crippen LogP contribution in [0.1, 0.15) is 26.2 Å². The molecule has 0 aromatic rings. The van der Waals surface area contributed by atoms with Crippen LogP contribution in [0.3, 0.4) is 0 Å². The van der Waals surface area contributed by atoms with E-state index in [1.165, 1.54) is 24.8 Å². The van der Waals surface area contributed by atoms with Gasteiger partial charge in [-0.3, -0.25) is 4.79 Å². The van der Waals surface area contributed by atoms with Crippen LogP contribution in [0.15, 0.2) is 11.6 Å². The van der Waals surface area contributed by atoms with E-state index >= 15 is 0 Å². The van der Waals surface area contributed by atoms with Crippen LogP contribution in [0.5, 0.6) is 0 Å². The second kappa shape index (κ2) is 3.66. The van der Waals surface area contributed by atoms with Gasteiger partial charge in [-0.05, 0) is 31.6 Å². The predicted octanol–water partition coefficient (Wildman–Crippen LogP) is 2.17. The number of allylic oxidation sites excluding steroid dienone is 1. The Bertz CT molecular complexity index is 381. The van der Waals surface area contributed by atoms with Crippen molar-refractivity contribution in [1.82, 2.24) is 0 Å². The smallest absolute Gasteiger partial charge is 0.236 e. The van der Waals surface area contributed by atoms with Crippen molar-refractivity contribution in [2.75, 3.05) is 14.2 Å². The van der Waals surface area contributed by atoms with Crippen LogP contribution in [0.4, 0.5) is 0 Å². The Morgan fingerprint density at radius 3 is 2.53 bits per heavy atom. The summed E-state index contributed by atoms with van der Waals surface area (Å²) in [5.41, 5.74) is 1.28. The molecular formula is C14H20O3. The Balaban J connectivity index is 2.12. The van der Waals surface area contributed by atoms with Crippen molar-refractivity contribution in [2.45, 2.75) is 32.0 Å². The maximum Gasteiger partial charge on any atom is 0.236 e. The lowest BCUT2D eigenvalue weighted by Gasteiger charge is -2.52. The fraction of sp³-hybridized carbons (Fsp3) is 0.786. The zero-order valence-corrected chi connectivity index (χ0v) is 10.7. The van der Waals surface area contributed by atoms with Gasteiger partial charge in [0, 0.05) is 26.1 Å². The van der Waals surface area contributed by atoms with Gasteiger partial charge in [-0.15, -0.1) is 0 Å². The highest BCUT2D eigenvalue weighted by Crippen LogP contribution is 2.58. The molecule has 0 heterocycles. The monoisotopic (exact) mass is 236 g/mol. The molecule has 3 nitrogen and oxygen atoms in total. The van der Waals surface area contributed by atoms with Gasteiger partial charge in [-0.1, -0.05) is 18.1 Å². The number of carbonyl (C=O) groups excluding carboxylic acids is 1. The second-order valence-electron chi connectivity index (χ2n) is 5.61. The van der Waals surface area contributed by atoms with Crippen LogP contribution in [0, 0.1) is 23.7 Å². The van der Waals surface area contributed by atoms with E-state index in [9.17, 15) is 4.79 Å². The molecule has 0 aliphatic heterocycles. The number of methoxy groups -OCH3 is 2. The van der Waals surface area contributed by atoms with Gasteiger partial charge in [0.05, 0.1) is 0 Å². The van der Waals surface area contributed by atoms with Gasteiger partial charge in [-0.2, -0.15) is 0 Å². The van der Waals surface area contributed by atoms with Crippen molar-refractivity contribution >= 4 is 5.78 Å². The average molecular weight is 236 g/mol. The van der Waals surface area contributed by atoms with Gasteiger partial charge in [0.1, 0.15) is 0 Å². The number of fused-ring (bicyclic) bond motifs is 1. The van der Waals surface area contributed by atoms with Crippen molar-refractivity contribution in [1.29, 1.82) is 0 Å². The van der Waals surface area contributed by atoms with Crippen molar-refractivity contribution in [3.8, 4) is 0 Å². The molecule has 2 bridgehead atoms. The van der Waals surface area contributed by atoms with Crippen LogP contribution in [-0.4, -0.2) is 25.8 Å². The summed E-state index contributed by atoms with van der Waals surface area (Å²) in [5, 5.41) is 0. The van der Waals surface area contributed by atoms with Gasteiger partial charge in [0.25, 0.3) is 0 Å². The van der Waals surface area contributed by atoms with E-state index in [1.54, 1.807) is 14.2 Å². The molecular weight excluding hydrogens is 216 g/mol.